The first-order valence-electron chi connectivity index (χ1n) is 10.9. The summed E-state index contributed by atoms with van der Waals surface area (Å²) in [4.78, 5) is 15.3. The Morgan fingerprint density at radius 2 is 1.89 bits per heavy atom. The van der Waals surface area contributed by atoms with Crippen LogP contribution in [0.2, 0.25) is 0 Å². The fourth-order valence-corrected chi connectivity index (χ4v) is 5.19. The number of pyridine rings is 1. The van der Waals surface area contributed by atoms with E-state index in [0.29, 0.717) is 33.8 Å². The van der Waals surface area contributed by atoms with Gasteiger partial charge in [0.1, 0.15) is 11.6 Å². The predicted octanol–water partition coefficient (Wildman–Crippen LogP) is -1.40. The molecule has 1 aliphatic rings. The van der Waals surface area contributed by atoms with Crippen molar-refractivity contribution in [3.63, 3.8) is 0 Å². The molecule has 1 aromatic carbocycles. The molecule has 184 valence electrons. The quantitative estimate of drug-likeness (QED) is 0.415. The monoisotopic (exact) mass is 514 g/mol. The van der Waals surface area contributed by atoms with Crippen molar-refractivity contribution < 1.29 is 62.5 Å². The van der Waals surface area contributed by atoms with E-state index in [2.05, 4.69) is 4.98 Å². The van der Waals surface area contributed by atoms with Gasteiger partial charge in [-0.15, -0.1) is 0 Å². The number of carbonyl (C=O) groups is 1. The number of benzene rings is 1. The number of aliphatic carboxylic acids is 1. The molecule has 0 spiro atoms. The molecule has 0 bridgehead atoms. The summed E-state index contributed by atoms with van der Waals surface area (Å²) in [5, 5.41) is 30.8. The van der Waals surface area contributed by atoms with E-state index in [1.807, 2.05) is 13.8 Å². The summed E-state index contributed by atoms with van der Waals surface area (Å²) in [5.74, 6) is -1.74. The number of aromatic nitrogens is 1. The summed E-state index contributed by atoms with van der Waals surface area (Å²) in [6.07, 6.45) is 0.0797. The molecule has 0 fully saturated rings. The van der Waals surface area contributed by atoms with Crippen molar-refractivity contribution in [2.24, 2.45) is 0 Å². The Morgan fingerprint density at radius 3 is 2.46 bits per heavy atom. The van der Waals surface area contributed by atoms with Gasteiger partial charge in [0.2, 0.25) is 10.0 Å². The van der Waals surface area contributed by atoms with Crippen LogP contribution in [0, 0.1) is 5.82 Å². The Hall–Kier alpha value is -1.82. The van der Waals surface area contributed by atoms with Gasteiger partial charge in [0.25, 0.3) is 0 Å². The number of rotatable bonds is 8. The van der Waals surface area contributed by atoms with Crippen LogP contribution in [0.5, 0.6) is 0 Å². The number of carbonyl (C=O) groups excluding carboxylic acids is 1. The maximum absolute atomic E-state index is 13.7. The zero-order chi connectivity index (χ0) is 25.2. The van der Waals surface area contributed by atoms with E-state index in [1.165, 1.54) is 29.6 Å². The summed E-state index contributed by atoms with van der Waals surface area (Å²) < 4.78 is 39.9. The zero-order valence-corrected chi connectivity index (χ0v) is 23.0. The van der Waals surface area contributed by atoms with Gasteiger partial charge in [0.15, 0.2) is 0 Å². The Balaban J connectivity index is 0.00000432. The molecule has 0 unspecified atom stereocenters. The van der Waals surface area contributed by atoms with Crippen LogP contribution in [-0.2, 0) is 21.2 Å². The Bertz CT molecular complexity index is 1200. The van der Waals surface area contributed by atoms with E-state index in [1.54, 1.807) is 18.2 Å². The number of carboxylic acid groups (broad SMARTS) is 1. The molecule has 0 saturated heterocycles. The van der Waals surface area contributed by atoms with Gasteiger partial charge in [-0.2, -0.15) is 0 Å². The molecule has 1 aliphatic heterocycles. The number of anilines is 1. The van der Waals surface area contributed by atoms with E-state index >= 15 is 0 Å². The molecule has 2 atom stereocenters. The molecular formula is C24H28FN2NaO6S. The van der Waals surface area contributed by atoms with Crippen LogP contribution in [-0.4, -0.2) is 54.6 Å². The first-order chi connectivity index (χ1) is 15.9. The van der Waals surface area contributed by atoms with Gasteiger partial charge in [-0.25, -0.2) is 17.8 Å². The van der Waals surface area contributed by atoms with Gasteiger partial charge in [0, 0.05) is 37.0 Å². The van der Waals surface area contributed by atoms with E-state index in [-0.39, 0.29) is 54.1 Å². The van der Waals surface area contributed by atoms with Crippen molar-refractivity contribution >= 4 is 27.9 Å². The smallest absolute Gasteiger partial charge is 0.550 e. The third kappa shape index (κ3) is 6.90. The van der Waals surface area contributed by atoms with Crippen LogP contribution in [0.4, 0.5) is 10.2 Å². The third-order valence-electron chi connectivity index (χ3n) is 5.75. The maximum atomic E-state index is 13.7. The Morgan fingerprint density at radius 1 is 1.26 bits per heavy atom. The average molecular weight is 515 g/mol. The standard InChI is InChI=1S/C24H29FN2O6S.Na/c1-14(2)23-19(9-8-17(28)12-18(29)13-21(30)31)22(15-4-6-16(25)7-5-15)20-10-11-34(32,33)27(3)24(20)26-23;/h4-9,14,17-18,28-29H,10-13H2,1-3H3,(H,30,31);/q;+1/p-1/b9-8+;/t17-,18-;/m1./s1. The fourth-order valence-electron chi connectivity index (χ4n) is 4.04. The van der Waals surface area contributed by atoms with Gasteiger partial charge in [-0.3, -0.25) is 4.31 Å². The summed E-state index contributed by atoms with van der Waals surface area (Å²) in [5.41, 5.74) is 3.27. The number of fused-ring (bicyclic) bond motifs is 1. The van der Waals surface area contributed by atoms with Gasteiger partial charge in [-0.05, 0) is 35.6 Å². The van der Waals surface area contributed by atoms with Crippen LogP contribution in [0.15, 0.2) is 30.3 Å². The van der Waals surface area contributed by atoms with E-state index in [9.17, 15) is 32.9 Å². The van der Waals surface area contributed by atoms with E-state index in [4.69, 9.17) is 0 Å². The topological polar surface area (TPSA) is 131 Å². The normalized spacial score (nSPS) is 16.6. The number of halogens is 1. The Kier molecular flexibility index (Phi) is 10.0. The van der Waals surface area contributed by atoms with Crippen LogP contribution in [0.1, 0.15) is 49.4 Å². The molecule has 0 amide bonds. The molecule has 2 heterocycles. The molecule has 3 rings (SSSR count). The summed E-state index contributed by atoms with van der Waals surface area (Å²) >= 11 is 0. The molecule has 2 N–H and O–H groups in total. The SMILES string of the molecule is CC(C)c1nc2c(c(-c3ccc(F)cc3)c1/C=C/[C@@H](O)C[C@@H](O)CC(=O)[O-])CCS(=O)(=O)N2C.[Na+]. The fraction of sp³-hybridized carbons (Fsp3) is 0.417. The van der Waals surface area contributed by atoms with Crippen LogP contribution < -0.4 is 39.0 Å². The minimum absolute atomic E-state index is 0. The number of sulfonamides is 1. The van der Waals surface area contributed by atoms with Crippen molar-refractivity contribution in [1.82, 2.24) is 4.98 Å². The van der Waals surface area contributed by atoms with Gasteiger partial charge in [0.05, 0.1) is 23.7 Å². The number of hydrogen-bond donors (Lipinski definition) is 2. The largest absolute Gasteiger partial charge is 1.00 e. The minimum Gasteiger partial charge on any atom is -0.550 e. The number of hydrogen-bond acceptors (Lipinski definition) is 7. The molecule has 2 aromatic rings. The number of carboxylic acids is 1. The van der Waals surface area contributed by atoms with E-state index in [0.717, 1.165) is 0 Å². The second-order valence-corrected chi connectivity index (χ2v) is 10.8. The first kappa shape index (κ1) is 29.4. The molecule has 11 heteroatoms. The van der Waals surface area contributed by atoms with Gasteiger partial charge >= 0.3 is 29.6 Å². The van der Waals surface area contributed by atoms with Gasteiger partial charge < -0.3 is 20.1 Å². The van der Waals surface area contributed by atoms with Gasteiger partial charge in [-0.1, -0.05) is 38.1 Å². The summed E-state index contributed by atoms with van der Waals surface area (Å²) in [6.45, 7) is 3.80. The summed E-state index contributed by atoms with van der Waals surface area (Å²) in [7, 11) is -2.06. The average Bonchev–Trinajstić information content (AvgIpc) is 2.74. The van der Waals surface area contributed by atoms with Crippen molar-refractivity contribution in [3.8, 4) is 11.1 Å². The zero-order valence-electron chi connectivity index (χ0n) is 20.2. The van der Waals surface area contributed by atoms with Crippen molar-refractivity contribution in [1.29, 1.82) is 0 Å². The second-order valence-electron chi connectivity index (χ2n) is 8.68. The first-order valence-corrected chi connectivity index (χ1v) is 12.5. The Labute approximate surface area is 226 Å². The molecule has 0 saturated carbocycles. The van der Waals surface area contributed by atoms with Crippen LogP contribution in [0.25, 0.3) is 17.2 Å². The maximum Gasteiger partial charge on any atom is 1.00 e. The number of aliphatic hydroxyl groups excluding tert-OH is 2. The molecule has 35 heavy (non-hydrogen) atoms. The third-order valence-corrected chi connectivity index (χ3v) is 7.48. The predicted molar refractivity (Wildman–Crippen MR) is 125 cm³/mol. The molecule has 0 aliphatic carbocycles. The number of aliphatic hydroxyl groups is 2. The van der Waals surface area contributed by atoms with Crippen molar-refractivity contribution in [2.45, 2.75) is 51.2 Å². The minimum atomic E-state index is -3.51. The van der Waals surface area contributed by atoms with Crippen molar-refractivity contribution in [3.05, 3.63) is 53.0 Å². The summed E-state index contributed by atoms with van der Waals surface area (Å²) in [6, 6.07) is 5.85. The molecule has 0 radical (unpaired) electrons. The van der Waals surface area contributed by atoms with E-state index < -0.39 is 40.4 Å². The van der Waals surface area contributed by atoms with Crippen molar-refractivity contribution in [2.75, 3.05) is 17.1 Å². The molecular weight excluding hydrogens is 486 g/mol. The van der Waals surface area contributed by atoms with Crippen LogP contribution >= 0.6 is 0 Å². The second kappa shape index (κ2) is 11.9. The molecule has 8 nitrogen and oxygen atoms in total. The number of nitrogens with zero attached hydrogens (tertiary/aromatic N) is 2. The molecule has 1 aromatic heterocycles. The van der Waals surface area contributed by atoms with Crippen LogP contribution in [0.3, 0.4) is 0 Å².